The molecule has 1 N–H and O–H groups in total. The van der Waals surface area contributed by atoms with Crippen LogP contribution in [0.25, 0.3) is 17.0 Å². The molecular formula is C28H30F2N2O2. The van der Waals surface area contributed by atoms with Crippen molar-refractivity contribution in [1.82, 2.24) is 10.2 Å². The molecule has 3 aromatic rings. The van der Waals surface area contributed by atoms with Gasteiger partial charge in [0.05, 0.1) is 6.26 Å². The lowest BCUT2D eigenvalue weighted by Crippen LogP contribution is -2.37. The molecule has 4 nitrogen and oxygen atoms in total. The summed E-state index contributed by atoms with van der Waals surface area (Å²) in [6.07, 6.45) is 10.1. The Morgan fingerprint density at radius 2 is 1.82 bits per heavy atom. The van der Waals surface area contributed by atoms with Gasteiger partial charge < -0.3 is 14.6 Å². The number of fused-ring (bicyclic) bond motifs is 1. The molecule has 1 aliphatic heterocycles. The van der Waals surface area contributed by atoms with Crippen LogP contribution in [0.3, 0.4) is 0 Å². The highest BCUT2D eigenvalue weighted by Gasteiger charge is 2.29. The summed E-state index contributed by atoms with van der Waals surface area (Å²) in [7, 11) is 0. The van der Waals surface area contributed by atoms with Gasteiger partial charge in [0.1, 0.15) is 17.2 Å². The molecule has 6 heteroatoms. The number of furan rings is 1. The van der Waals surface area contributed by atoms with Gasteiger partial charge in [-0.2, -0.15) is 0 Å². The van der Waals surface area contributed by atoms with Crippen molar-refractivity contribution in [3.8, 4) is 0 Å². The smallest absolute Gasteiger partial charge is 0.244 e. The van der Waals surface area contributed by atoms with Gasteiger partial charge >= 0.3 is 0 Å². The van der Waals surface area contributed by atoms with Gasteiger partial charge in [-0.15, -0.1) is 0 Å². The fourth-order valence-corrected chi connectivity index (χ4v) is 5.57. The quantitative estimate of drug-likeness (QED) is 0.463. The molecule has 2 heterocycles. The van der Waals surface area contributed by atoms with Crippen LogP contribution in [0.1, 0.15) is 49.1 Å². The fraction of sp³-hybridized carbons (Fsp3) is 0.393. The number of benzene rings is 2. The van der Waals surface area contributed by atoms with Crippen LogP contribution in [0.4, 0.5) is 8.78 Å². The van der Waals surface area contributed by atoms with Crippen molar-refractivity contribution in [2.75, 3.05) is 19.6 Å². The molecule has 178 valence electrons. The summed E-state index contributed by atoms with van der Waals surface area (Å²) in [6.45, 7) is 3.25. The number of halogens is 2. The SMILES string of the molecule is O=C(C=Cc1cc(F)cc(F)c1)N[C@@H]1CC[C@H](CN2CCC(c3coc4ccccc34)CC2)C1. The number of hydrogen-bond donors (Lipinski definition) is 1. The molecule has 1 aromatic heterocycles. The van der Waals surface area contributed by atoms with Crippen LogP contribution >= 0.6 is 0 Å². The normalized spacial score (nSPS) is 22.1. The maximum absolute atomic E-state index is 13.3. The predicted molar refractivity (Wildman–Crippen MR) is 129 cm³/mol. The van der Waals surface area contributed by atoms with E-state index >= 15 is 0 Å². The maximum Gasteiger partial charge on any atom is 0.244 e. The highest BCUT2D eigenvalue weighted by molar-refractivity contribution is 5.91. The molecule has 1 aliphatic carbocycles. The van der Waals surface area contributed by atoms with E-state index in [1.54, 1.807) is 0 Å². The fourth-order valence-electron chi connectivity index (χ4n) is 5.57. The van der Waals surface area contributed by atoms with Crippen molar-refractivity contribution < 1.29 is 18.0 Å². The average molecular weight is 465 g/mol. The molecule has 1 saturated carbocycles. The summed E-state index contributed by atoms with van der Waals surface area (Å²) in [5, 5.41) is 4.29. The predicted octanol–water partition coefficient (Wildman–Crippen LogP) is 5.89. The van der Waals surface area contributed by atoms with Crippen LogP contribution < -0.4 is 5.32 Å². The van der Waals surface area contributed by atoms with E-state index in [1.807, 2.05) is 18.4 Å². The van der Waals surface area contributed by atoms with Gasteiger partial charge in [-0.1, -0.05) is 18.2 Å². The van der Waals surface area contributed by atoms with E-state index < -0.39 is 11.6 Å². The van der Waals surface area contributed by atoms with Gasteiger partial charge in [0, 0.05) is 35.7 Å². The van der Waals surface area contributed by atoms with Crippen molar-refractivity contribution in [2.45, 2.75) is 44.1 Å². The van der Waals surface area contributed by atoms with Crippen molar-refractivity contribution >= 4 is 23.0 Å². The number of carbonyl (C=O) groups excluding carboxylic acids is 1. The minimum absolute atomic E-state index is 0.154. The standard InChI is InChI=1S/C28H30F2N2O2/c29-22-13-19(14-23(30)16-22)6-8-28(33)31-24-7-5-20(15-24)17-32-11-9-21(10-12-32)26-18-34-27-4-2-1-3-25(26)27/h1-4,6,8,13-14,16,18,20-21,24H,5,7,9-12,15,17H2,(H,31,33)/t20-,24+/m0/s1. The van der Waals surface area contributed by atoms with E-state index in [1.165, 1.54) is 35.2 Å². The molecule has 1 amide bonds. The summed E-state index contributed by atoms with van der Waals surface area (Å²) in [5.74, 6) is -0.392. The summed E-state index contributed by atoms with van der Waals surface area (Å²) in [5.41, 5.74) is 2.65. The lowest BCUT2D eigenvalue weighted by molar-refractivity contribution is -0.117. The highest BCUT2D eigenvalue weighted by Crippen LogP contribution is 2.35. The van der Waals surface area contributed by atoms with Crippen LogP contribution in [-0.4, -0.2) is 36.5 Å². The molecule has 2 aromatic carbocycles. The van der Waals surface area contributed by atoms with Crippen molar-refractivity contribution in [2.24, 2.45) is 5.92 Å². The molecule has 0 bridgehead atoms. The van der Waals surface area contributed by atoms with Crippen molar-refractivity contribution in [3.63, 3.8) is 0 Å². The van der Waals surface area contributed by atoms with Crippen molar-refractivity contribution in [1.29, 1.82) is 0 Å². The lowest BCUT2D eigenvalue weighted by Gasteiger charge is -2.33. The second kappa shape index (κ2) is 10.1. The molecule has 0 radical (unpaired) electrons. The van der Waals surface area contributed by atoms with Crippen LogP contribution in [0.2, 0.25) is 0 Å². The third kappa shape index (κ3) is 5.39. The largest absolute Gasteiger partial charge is 0.464 e. The third-order valence-electron chi connectivity index (χ3n) is 7.25. The first-order chi connectivity index (χ1) is 16.5. The summed E-state index contributed by atoms with van der Waals surface area (Å²) in [6, 6.07) is 11.6. The Morgan fingerprint density at radius 1 is 1.06 bits per heavy atom. The van der Waals surface area contributed by atoms with Crippen LogP contribution in [0, 0.1) is 17.6 Å². The average Bonchev–Trinajstić information content (AvgIpc) is 3.44. The van der Waals surface area contributed by atoms with Gasteiger partial charge in [-0.3, -0.25) is 4.79 Å². The number of nitrogens with zero attached hydrogens (tertiary/aromatic N) is 1. The first kappa shape index (κ1) is 22.8. The summed E-state index contributed by atoms with van der Waals surface area (Å²) >= 11 is 0. The topological polar surface area (TPSA) is 45.5 Å². The first-order valence-corrected chi connectivity index (χ1v) is 12.2. The zero-order valence-corrected chi connectivity index (χ0v) is 19.2. The molecule has 0 unspecified atom stereocenters. The Bertz CT molecular complexity index is 1160. The minimum atomic E-state index is -0.652. The Hall–Kier alpha value is -2.99. The number of para-hydroxylation sites is 1. The monoisotopic (exact) mass is 464 g/mol. The van der Waals surface area contributed by atoms with Gasteiger partial charge in [0.15, 0.2) is 0 Å². The Morgan fingerprint density at radius 3 is 2.62 bits per heavy atom. The number of likely N-dealkylation sites (tertiary alicyclic amines) is 1. The van der Waals surface area contributed by atoms with E-state index in [2.05, 4.69) is 22.3 Å². The second-order valence-corrected chi connectivity index (χ2v) is 9.68. The molecule has 5 rings (SSSR count). The van der Waals surface area contributed by atoms with Crippen LogP contribution in [0.5, 0.6) is 0 Å². The van der Waals surface area contributed by atoms with Crippen LogP contribution in [0.15, 0.2) is 59.2 Å². The maximum atomic E-state index is 13.3. The number of nitrogens with one attached hydrogen (secondary N) is 1. The van der Waals surface area contributed by atoms with Gasteiger partial charge in [0.2, 0.25) is 5.91 Å². The summed E-state index contributed by atoms with van der Waals surface area (Å²) < 4.78 is 32.3. The Labute approximate surface area is 198 Å². The summed E-state index contributed by atoms with van der Waals surface area (Å²) in [4.78, 5) is 14.8. The molecule has 0 spiro atoms. The minimum Gasteiger partial charge on any atom is -0.464 e. The Balaban J connectivity index is 1.07. The van der Waals surface area contributed by atoms with E-state index in [-0.39, 0.29) is 11.9 Å². The molecule has 2 fully saturated rings. The number of carbonyl (C=O) groups is 1. The molecular weight excluding hydrogens is 434 g/mol. The Kier molecular flexibility index (Phi) is 6.77. The zero-order chi connectivity index (χ0) is 23.5. The van der Waals surface area contributed by atoms with Gasteiger partial charge in [-0.25, -0.2) is 8.78 Å². The van der Waals surface area contributed by atoms with E-state index in [4.69, 9.17) is 4.42 Å². The number of hydrogen-bond acceptors (Lipinski definition) is 3. The molecule has 1 saturated heterocycles. The van der Waals surface area contributed by atoms with Crippen LogP contribution in [-0.2, 0) is 4.79 Å². The second-order valence-electron chi connectivity index (χ2n) is 9.68. The van der Waals surface area contributed by atoms with E-state index in [0.717, 1.165) is 63.4 Å². The molecule has 34 heavy (non-hydrogen) atoms. The number of amides is 1. The van der Waals surface area contributed by atoms with E-state index in [0.29, 0.717) is 17.4 Å². The third-order valence-corrected chi connectivity index (χ3v) is 7.25. The van der Waals surface area contributed by atoms with Gasteiger partial charge in [-0.05, 0) is 86.9 Å². The lowest BCUT2D eigenvalue weighted by atomic mass is 9.89. The number of rotatable bonds is 6. The molecule has 2 atom stereocenters. The molecule has 2 aliphatic rings. The highest BCUT2D eigenvalue weighted by atomic mass is 19.1. The zero-order valence-electron chi connectivity index (χ0n) is 19.2. The van der Waals surface area contributed by atoms with Gasteiger partial charge in [0.25, 0.3) is 0 Å². The first-order valence-electron chi connectivity index (χ1n) is 12.2. The van der Waals surface area contributed by atoms with E-state index in [9.17, 15) is 13.6 Å². The number of piperidine rings is 1. The van der Waals surface area contributed by atoms with Crippen molar-refractivity contribution in [3.05, 3.63) is 77.6 Å².